The van der Waals surface area contributed by atoms with Gasteiger partial charge in [0, 0.05) is 6.04 Å². The molecule has 94 valence electrons. The van der Waals surface area contributed by atoms with Gasteiger partial charge in [0.2, 0.25) is 10.0 Å². The van der Waals surface area contributed by atoms with Crippen molar-refractivity contribution in [1.82, 2.24) is 4.72 Å². The molecule has 0 radical (unpaired) electrons. The molecule has 0 aliphatic heterocycles. The predicted molar refractivity (Wildman–Crippen MR) is 60.3 cm³/mol. The number of rotatable bonds is 5. The lowest BCUT2D eigenvalue weighted by atomic mass is 10.2. The van der Waals surface area contributed by atoms with Crippen molar-refractivity contribution in [3.63, 3.8) is 0 Å². The molecule has 1 rings (SSSR count). The van der Waals surface area contributed by atoms with Gasteiger partial charge in [0.05, 0.1) is 17.1 Å². The summed E-state index contributed by atoms with van der Waals surface area (Å²) in [5.74, 6) is -1.20. The van der Waals surface area contributed by atoms with Crippen LogP contribution in [0.25, 0.3) is 0 Å². The van der Waals surface area contributed by atoms with E-state index in [0.29, 0.717) is 0 Å². The van der Waals surface area contributed by atoms with Crippen molar-refractivity contribution in [3.05, 3.63) is 29.8 Å². The Balaban J connectivity index is 3.07. The zero-order chi connectivity index (χ0) is 13.1. The highest BCUT2D eigenvalue weighted by molar-refractivity contribution is 7.89. The molecule has 0 saturated carbocycles. The first-order chi connectivity index (χ1) is 7.86. The molecule has 0 spiro atoms. The van der Waals surface area contributed by atoms with Crippen LogP contribution in [0.3, 0.4) is 0 Å². The Morgan fingerprint density at radius 1 is 1.47 bits per heavy atom. The Morgan fingerprint density at radius 3 is 2.65 bits per heavy atom. The van der Waals surface area contributed by atoms with E-state index in [4.69, 9.17) is 10.2 Å². The fraction of sp³-hybridized carbons (Fsp3) is 0.300. The highest BCUT2D eigenvalue weighted by Gasteiger charge is 2.18. The standard InChI is InChI=1S/C10H13NO5S/c1-7(6-12)11-17(15,16)9-4-2-3-8(5-9)10(13)14/h2-5,7,11-12H,6H2,1H3,(H,13,14)/t7-/m1/s1. The summed E-state index contributed by atoms with van der Waals surface area (Å²) < 4.78 is 25.7. The zero-order valence-electron chi connectivity index (χ0n) is 9.12. The van der Waals surface area contributed by atoms with Crippen molar-refractivity contribution in [2.24, 2.45) is 0 Å². The molecule has 17 heavy (non-hydrogen) atoms. The van der Waals surface area contributed by atoms with E-state index in [2.05, 4.69) is 4.72 Å². The Bertz CT molecular complexity index is 511. The average Bonchev–Trinajstić information content (AvgIpc) is 2.28. The number of sulfonamides is 1. The minimum absolute atomic E-state index is 0.107. The van der Waals surface area contributed by atoms with E-state index in [1.165, 1.54) is 25.1 Å². The molecule has 0 unspecified atom stereocenters. The first kappa shape index (κ1) is 13.6. The summed E-state index contributed by atoms with van der Waals surface area (Å²) in [4.78, 5) is 10.6. The molecular formula is C10H13NO5S. The molecule has 0 amide bonds. The van der Waals surface area contributed by atoms with E-state index in [-0.39, 0.29) is 17.1 Å². The monoisotopic (exact) mass is 259 g/mol. The summed E-state index contributed by atoms with van der Waals surface area (Å²) in [6.07, 6.45) is 0. The number of benzene rings is 1. The molecule has 6 nitrogen and oxygen atoms in total. The van der Waals surface area contributed by atoms with Gasteiger partial charge in [0.1, 0.15) is 0 Å². The number of aliphatic hydroxyl groups excluding tert-OH is 1. The van der Waals surface area contributed by atoms with Gasteiger partial charge in [-0.3, -0.25) is 0 Å². The summed E-state index contributed by atoms with van der Waals surface area (Å²) in [6, 6.07) is 4.38. The second-order valence-corrected chi connectivity index (χ2v) is 5.25. The fourth-order valence-corrected chi connectivity index (χ4v) is 2.45. The Morgan fingerprint density at radius 2 is 2.12 bits per heavy atom. The maximum absolute atomic E-state index is 11.8. The van der Waals surface area contributed by atoms with Crippen molar-refractivity contribution in [3.8, 4) is 0 Å². The molecule has 0 aromatic heterocycles. The van der Waals surface area contributed by atoms with Crippen LogP contribution in [-0.4, -0.2) is 37.2 Å². The topological polar surface area (TPSA) is 104 Å². The van der Waals surface area contributed by atoms with E-state index in [1.807, 2.05) is 0 Å². The van der Waals surface area contributed by atoms with Gasteiger partial charge in [-0.05, 0) is 25.1 Å². The van der Waals surface area contributed by atoms with Gasteiger partial charge in [-0.1, -0.05) is 6.07 Å². The maximum atomic E-state index is 11.8. The summed E-state index contributed by atoms with van der Waals surface area (Å²) in [6.45, 7) is 1.16. The summed E-state index contributed by atoms with van der Waals surface area (Å²) >= 11 is 0. The van der Waals surface area contributed by atoms with Crippen molar-refractivity contribution in [2.75, 3.05) is 6.61 Å². The van der Waals surface area contributed by atoms with Crippen LogP contribution in [0.4, 0.5) is 0 Å². The van der Waals surface area contributed by atoms with Gasteiger partial charge < -0.3 is 10.2 Å². The van der Waals surface area contributed by atoms with E-state index in [1.54, 1.807) is 0 Å². The van der Waals surface area contributed by atoms with Gasteiger partial charge >= 0.3 is 5.97 Å². The second-order valence-electron chi connectivity index (χ2n) is 3.54. The molecule has 0 saturated heterocycles. The van der Waals surface area contributed by atoms with Crippen molar-refractivity contribution < 1.29 is 23.4 Å². The Hall–Kier alpha value is -1.44. The van der Waals surface area contributed by atoms with Crippen molar-refractivity contribution in [1.29, 1.82) is 0 Å². The smallest absolute Gasteiger partial charge is 0.335 e. The molecule has 0 heterocycles. The largest absolute Gasteiger partial charge is 0.478 e. The number of hydrogen-bond donors (Lipinski definition) is 3. The Labute approximate surface area is 99.0 Å². The zero-order valence-corrected chi connectivity index (χ0v) is 9.94. The first-order valence-corrected chi connectivity index (χ1v) is 6.31. The lowest BCUT2D eigenvalue weighted by Gasteiger charge is -2.11. The van der Waals surface area contributed by atoms with Gasteiger partial charge in [0.25, 0.3) is 0 Å². The lowest BCUT2D eigenvalue weighted by Crippen LogP contribution is -2.35. The second kappa shape index (κ2) is 5.26. The molecule has 0 fully saturated rings. The van der Waals surface area contributed by atoms with Crippen LogP contribution in [0.2, 0.25) is 0 Å². The molecule has 0 bridgehead atoms. The minimum Gasteiger partial charge on any atom is -0.478 e. The number of aliphatic hydroxyl groups is 1. The number of nitrogens with one attached hydrogen (secondary N) is 1. The molecular weight excluding hydrogens is 246 g/mol. The molecule has 1 atom stereocenters. The molecule has 3 N–H and O–H groups in total. The van der Waals surface area contributed by atoms with Crippen molar-refractivity contribution in [2.45, 2.75) is 17.9 Å². The third-order valence-corrected chi connectivity index (χ3v) is 3.61. The van der Waals surface area contributed by atoms with Crippen LogP contribution in [0.15, 0.2) is 29.2 Å². The van der Waals surface area contributed by atoms with Gasteiger partial charge in [-0.2, -0.15) is 0 Å². The summed E-state index contributed by atoms with van der Waals surface area (Å²) in [5, 5.41) is 17.5. The van der Waals surface area contributed by atoms with E-state index in [0.717, 1.165) is 6.07 Å². The van der Waals surface area contributed by atoms with Crippen LogP contribution < -0.4 is 4.72 Å². The quantitative estimate of drug-likeness (QED) is 0.693. The first-order valence-electron chi connectivity index (χ1n) is 4.83. The third kappa shape index (κ3) is 3.52. The van der Waals surface area contributed by atoms with Crippen LogP contribution in [0.1, 0.15) is 17.3 Å². The van der Waals surface area contributed by atoms with E-state index < -0.39 is 22.0 Å². The molecule has 0 aliphatic rings. The average molecular weight is 259 g/mol. The SMILES string of the molecule is C[C@H](CO)NS(=O)(=O)c1cccc(C(=O)O)c1. The highest BCUT2D eigenvalue weighted by Crippen LogP contribution is 2.11. The highest BCUT2D eigenvalue weighted by atomic mass is 32.2. The van der Waals surface area contributed by atoms with Gasteiger partial charge in [0.15, 0.2) is 0 Å². The number of carboxylic acids is 1. The van der Waals surface area contributed by atoms with Crippen LogP contribution >= 0.6 is 0 Å². The van der Waals surface area contributed by atoms with Gasteiger partial charge in [-0.25, -0.2) is 17.9 Å². The van der Waals surface area contributed by atoms with E-state index in [9.17, 15) is 13.2 Å². The predicted octanol–water partition coefficient (Wildman–Crippen LogP) is 0.0439. The van der Waals surface area contributed by atoms with Crippen molar-refractivity contribution >= 4 is 16.0 Å². The molecule has 0 aliphatic carbocycles. The minimum atomic E-state index is -3.80. The number of carboxylic acid groups (broad SMARTS) is 1. The number of aromatic carboxylic acids is 1. The molecule has 1 aromatic rings. The number of hydrogen-bond acceptors (Lipinski definition) is 4. The third-order valence-electron chi connectivity index (χ3n) is 2.02. The molecule has 1 aromatic carbocycles. The Kier molecular flexibility index (Phi) is 4.22. The number of carbonyl (C=O) groups is 1. The van der Waals surface area contributed by atoms with Crippen LogP contribution in [0, 0.1) is 0 Å². The normalized spacial score (nSPS) is 13.3. The van der Waals surface area contributed by atoms with Crippen LogP contribution in [0.5, 0.6) is 0 Å². The molecule has 7 heteroatoms. The summed E-state index contributed by atoms with van der Waals surface area (Å²) in [5.41, 5.74) is -0.107. The maximum Gasteiger partial charge on any atom is 0.335 e. The summed E-state index contributed by atoms with van der Waals surface area (Å²) in [7, 11) is -3.80. The van der Waals surface area contributed by atoms with Crippen LogP contribution in [-0.2, 0) is 10.0 Å². The van der Waals surface area contributed by atoms with E-state index >= 15 is 0 Å². The lowest BCUT2D eigenvalue weighted by molar-refractivity contribution is 0.0696. The fourth-order valence-electron chi connectivity index (χ4n) is 1.17. The van der Waals surface area contributed by atoms with Gasteiger partial charge in [-0.15, -0.1) is 0 Å².